The van der Waals surface area contributed by atoms with E-state index >= 15 is 0 Å². The van der Waals surface area contributed by atoms with Crippen LogP contribution >= 0.6 is 0 Å². The zero-order valence-corrected chi connectivity index (χ0v) is 12.3. The van der Waals surface area contributed by atoms with Gasteiger partial charge in [-0.15, -0.1) is 0 Å². The molecule has 3 rings (SSSR count). The topological polar surface area (TPSA) is 53.1 Å². The summed E-state index contributed by atoms with van der Waals surface area (Å²) >= 11 is 0. The van der Waals surface area contributed by atoms with Crippen molar-refractivity contribution in [2.45, 2.75) is 6.18 Å². The van der Waals surface area contributed by atoms with E-state index in [1.807, 2.05) is 4.90 Å². The molecule has 1 fully saturated rings. The molecule has 2 aromatic rings. The van der Waals surface area contributed by atoms with E-state index in [4.69, 9.17) is 0 Å². The van der Waals surface area contributed by atoms with Crippen LogP contribution in [-0.4, -0.2) is 36.1 Å². The molecule has 0 amide bonds. The molecule has 1 aliphatic heterocycles. The zero-order chi connectivity index (χ0) is 16.3. The van der Waals surface area contributed by atoms with Crippen molar-refractivity contribution < 1.29 is 13.2 Å². The molecule has 0 bridgehead atoms. The van der Waals surface area contributed by atoms with Gasteiger partial charge in [0.15, 0.2) is 0 Å². The van der Waals surface area contributed by atoms with Gasteiger partial charge in [0.1, 0.15) is 0 Å². The minimum Gasteiger partial charge on any atom is -0.367 e. The molecule has 2 heterocycles. The molecule has 0 saturated carbocycles. The molecule has 23 heavy (non-hydrogen) atoms. The average Bonchev–Trinajstić information content (AvgIpc) is 2.56. The smallest absolute Gasteiger partial charge is 0.367 e. The lowest BCUT2D eigenvalue weighted by molar-refractivity contribution is -0.137. The van der Waals surface area contributed by atoms with E-state index in [0.717, 1.165) is 38.3 Å². The first-order chi connectivity index (χ1) is 11.0. The third-order valence-corrected chi connectivity index (χ3v) is 3.59. The van der Waals surface area contributed by atoms with Crippen molar-refractivity contribution in [3.8, 4) is 0 Å². The molecular weight excluding hydrogens is 307 g/mol. The Balaban J connectivity index is 1.97. The van der Waals surface area contributed by atoms with Crippen molar-refractivity contribution in [3.63, 3.8) is 0 Å². The maximum atomic E-state index is 13.0. The number of nitrogens with zero attached hydrogens (tertiary/aromatic N) is 3. The Kier molecular flexibility index (Phi) is 4.33. The van der Waals surface area contributed by atoms with Gasteiger partial charge >= 0.3 is 6.18 Å². The molecule has 0 atom stereocenters. The second-order valence-electron chi connectivity index (χ2n) is 5.16. The van der Waals surface area contributed by atoms with Gasteiger partial charge in [-0.05, 0) is 24.3 Å². The number of alkyl halides is 3. The van der Waals surface area contributed by atoms with Crippen LogP contribution in [0.5, 0.6) is 0 Å². The predicted octanol–water partition coefficient (Wildman–Crippen LogP) is 2.65. The van der Waals surface area contributed by atoms with Gasteiger partial charge in [0.05, 0.1) is 16.9 Å². The highest BCUT2D eigenvalue weighted by molar-refractivity contribution is 5.74. The molecule has 0 radical (unpaired) electrons. The third kappa shape index (κ3) is 3.70. The minimum atomic E-state index is -4.39. The van der Waals surface area contributed by atoms with E-state index in [0.29, 0.717) is 11.4 Å². The Hall–Kier alpha value is -2.35. The number of nitrogens with one attached hydrogen (secondary N) is 2. The summed E-state index contributed by atoms with van der Waals surface area (Å²) in [6, 6.07) is 5.36. The number of piperazine rings is 1. The number of rotatable bonds is 3. The summed E-state index contributed by atoms with van der Waals surface area (Å²) in [4.78, 5) is 10.1. The van der Waals surface area contributed by atoms with Gasteiger partial charge < -0.3 is 15.5 Å². The Bertz CT molecular complexity index is 654. The molecule has 0 unspecified atom stereocenters. The van der Waals surface area contributed by atoms with Crippen LogP contribution in [0.3, 0.4) is 0 Å². The van der Waals surface area contributed by atoms with Gasteiger partial charge in [-0.3, -0.25) is 0 Å². The van der Waals surface area contributed by atoms with Crippen molar-refractivity contribution in [1.82, 2.24) is 15.3 Å². The third-order valence-electron chi connectivity index (χ3n) is 3.59. The lowest BCUT2D eigenvalue weighted by Gasteiger charge is -2.31. The van der Waals surface area contributed by atoms with Crippen LogP contribution in [0, 0.1) is 0 Å². The van der Waals surface area contributed by atoms with Gasteiger partial charge in [-0.1, -0.05) is 0 Å². The summed E-state index contributed by atoms with van der Waals surface area (Å²) in [6.45, 7) is 3.05. The average molecular weight is 323 g/mol. The number of anilines is 3. The van der Waals surface area contributed by atoms with Crippen molar-refractivity contribution in [3.05, 3.63) is 42.2 Å². The van der Waals surface area contributed by atoms with Crippen LogP contribution in [0.25, 0.3) is 0 Å². The van der Waals surface area contributed by atoms with E-state index in [-0.39, 0.29) is 5.95 Å². The first kappa shape index (κ1) is 15.5. The molecule has 5 nitrogen and oxygen atoms in total. The molecule has 1 aromatic carbocycles. The first-order valence-electron chi connectivity index (χ1n) is 7.25. The van der Waals surface area contributed by atoms with Crippen molar-refractivity contribution in [1.29, 1.82) is 0 Å². The molecule has 122 valence electrons. The van der Waals surface area contributed by atoms with E-state index in [1.54, 1.807) is 6.07 Å². The fourth-order valence-corrected chi connectivity index (χ4v) is 2.48. The summed E-state index contributed by atoms with van der Waals surface area (Å²) in [5.41, 5.74) is 0.370. The number of aromatic nitrogens is 2. The quantitative estimate of drug-likeness (QED) is 0.909. The molecule has 2 N–H and O–H groups in total. The van der Waals surface area contributed by atoms with Crippen LogP contribution in [0.4, 0.5) is 30.5 Å². The second-order valence-corrected chi connectivity index (χ2v) is 5.16. The zero-order valence-electron chi connectivity index (χ0n) is 12.3. The summed E-state index contributed by atoms with van der Waals surface area (Å²) in [6.07, 6.45) is -1.32. The Morgan fingerprint density at radius 3 is 2.43 bits per heavy atom. The SMILES string of the molecule is FC(F)(F)c1ccc(N2CCNCC2)c(Nc2ncccn2)c1. The van der Waals surface area contributed by atoms with Gasteiger partial charge in [-0.2, -0.15) is 13.2 Å². The Morgan fingerprint density at radius 1 is 1.09 bits per heavy atom. The lowest BCUT2D eigenvalue weighted by Crippen LogP contribution is -2.43. The highest BCUT2D eigenvalue weighted by atomic mass is 19.4. The van der Waals surface area contributed by atoms with Crippen molar-refractivity contribution in [2.24, 2.45) is 0 Å². The molecule has 1 aromatic heterocycles. The van der Waals surface area contributed by atoms with E-state index < -0.39 is 11.7 Å². The molecule has 0 spiro atoms. The second kappa shape index (κ2) is 6.41. The van der Waals surface area contributed by atoms with Gasteiger partial charge in [0.25, 0.3) is 0 Å². The van der Waals surface area contributed by atoms with E-state index in [1.165, 1.54) is 18.5 Å². The van der Waals surface area contributed by atoms with Crippen LogP contribution in [0.1, 0.15) is 5.56 Å². The van der Waals surface area contributed by atoms with Crippen molar-refractivity contribution in [2.75, 3.05) is 36.4 Å². The highest BCUT2D eigenvalue weighted by Gasteiger charge is 2.31. The Morgan fingerprint density at radius 2 is 1.78 bits per heavy atom. The molecule has 0 aliphatic carbocycles. The van der Waals surface area contributed by atoms with Gasteiger partial charge in [-0.25, -0.2) is 9.97 Å². The fraction of sp³-hybridized carbons (Fsp3) is 0.333. The maximum absolute atomic E-state index is 13.0. The lowest BCUT2D eigenvalue weighted by atomic mass is 10.1. The molecule has 1 aliphatic rings. The van der Waals surface area contributed by atoms with Gasteiger partial charge in [0.2, 0.25) is 5.95 Å². The highest BCUT2D eigenvalue weighted by Crippen LogP contribution is 2.36. The van der Waals surface area contributed by atoms with Crippen molar-refractivity contribution >= 4 is 17.3 Å². The van der Waals surface area contributed by atoms with E-state index in [9.17, 15) is 13.2 Å². The fourth-order valence-electron chi connectivity index (χ4n) is 2.48. The largest absolute Gasteiger partial charge is 0.416 e. The number of benzene rings is 1. The van der Waals surface area contributed by atoms with Crippen LogP contribution in [0.15, 0.2) is 36.7 Å². The molecule has 1 saturated heterocycles. The summed E-state index contributed by atoms with van der Waals surface area (Å²) in [5, 5.41) is 6.12. The maximum Gasteiger partial charge on any atom is 0.416 e. The first-order valence-corrected chi connectivity index (χ1v) is 7.25. The monoisotopic (exact) mass is 323 g/mol. The van der Waals surface area contributed by atoms with Crippen LogP contribution in [-0.2, 0) is 6.18 Å². The predicted molar refractivity (Wildman–Crippen MR) is 81.8 cm³/mol. The Labute approximate surface area is 131 Å². The number of hydrogen-bond acceptors (Lipinski definition) is 5. The van der Waals surface area contributed by atoms with E-state index in [2.05, 4.69) is 20.6 Å². The summed E-state index contributed by atoms with van der Waals surface area (Å²) in [5.74, 6) is 0.267. The number of hydrogen-bond donors (Lipinski definition) is 2. The van der Waals surface area contributed by atoms with Crippen LogP contribution in [0.2, 0.25) is 0 Å². The van der Waals surface area contributed by atoms with Crippen LogP contribution < -0.4 is 15.5 Å². The molecule has 8 heteroatoms. The normalized spacial score (nSPS) is 15.5. The van der Waals surface area contributed by atoms with Gasteiger partial charge in [0, 0.05) is 38.6 Å². The summed E-state index contributed by atoms with van der Waals surface area (Å²) in [7, 11) is 0. The molecular formula is C15H16F3N5. The minimum absolute atomic E-state index is 0.267. The summed E-state index contributed by atoms with van der Waals surface area (Å²) < 4.78 is 39.0. The standard InChI is InChI=1S/C15H16F3N5/c16-15(17,18)11-2-3-13(23-8-6-19-7-9-23)12(10-11)22-14-20-4-1-5-21-14/h1-5,10,19H,6-9H2,(H,20,21,22). The number of halogens is 3.